The fraction of sp³-hybridized carbons (Fsp3) is 0.417. The lowest BCUT2D eigenvalue weighted by molar-refractivity contribution is -0.126. The Morgan fingerprint density at radius 1 is 1.53 bits per heavy atom. The zero-order valence-corrected chi connectivity index (χ0v) is 9.65. The van der Waals surface area contributed by atoms with Gasteiger partial charge in [-0.1, -0.05) is 18.2 Å². The first-order valence-electron chi connectivity index (χ1n) is 5.42. The molecule has 0 fully saturated rings. The smallest absolute Gasteiger partial charge is 0.246 e. The molecule has 0 aliphatic rings. The third-order valence-corrected chi connectivity index (χ3v) is 2.19. The molecule has 0 aromatic heterocycles. The van der Waals surface area contributed by atoms with E-state index >= 15 is 0 Å². The van der Waals surface area contributed by atoms with Gasteiger partial charge in [-0.25, -0.2) is 4.39 Å². The molecular weight excluding hydrogens is 225 g/mol. The largest absolute Gasteiger partial charge is 0.386 e. The Hall–Kier alpha value is -1.46. The predicted molar refractivity (Wildman–Crippen MR) is 60.9 cm³/mol. The van der Waals surface area contributed by atoms with Crippen LogP contribution in [-0.2, 0) is 9.53 Å². The van der Waals surface area contributed by atoms with Crippen LogP contribution < -0.4 is 5.32 Å². The molecule has 0 aliphatic heterocycles. The molecule has 0 aliphatic carbocycles. The van der Waals surface area contributed by atoms with Gasteiger partial charge >= 0.3 is 0 Å². The van der Waals surface area contributed by atoms with E-state index in [0.717, 1.165) is 0 Å². The molecule has 2 N–H and O–H groups in total. The maximum Gasteiger partial charge on any atom is 0.246 e. The lowest BCUT2D eigenvalue weighted by atomic mass is 10.1. The Kier molecular flexibility index (Phi) is 5.59. The summed E-state index contributed by atoms with van der Waals surface area (Å²) < 4.78 is 18.2. The molecule has 1 aromatic rings. The molecule has 0 saturated carbocycles. The predicted octanol–water partition coefficient (Wildman–Crippen LogP) is 1.01. The molecule has 5 heteroatoms. The second-order valence-electron chi connectivity index (χ2n) is 3.48. The Balaban J connectivity index is 2.42. The van der Waals surface area contributed by atoms with Gasteiger partial charge in [0.1, 0.15) is 12.4 Å². The average Bonchev–Trinajstić information content (AvgIpc) is 2.34. The van der Waals surface area contributed by atoms with Crippen molar-refractivity contribution in [3.63, 3.8) is 0 Å². The summed E-state index contributed by atoms with van der Waals surface area (Å²) in [5, 5.41) is 12.1. The van der Waals surface area contributed by atoms with Gasteiger partial charge in [0.25, 0.3) is 0 Å². The molecule has 1 amide bonds. The van der Waals surface area contributed by atoms with Crippen molar-refractivity contribution in [1.82, 2.24) is 5.32 Å². The van der Waals surface area contributed by atoms with Gasteiger partial charge < -0.3 is 15.2 Å². The molecular formula is C12H16FNO3. The van der Waals surface area contributed by atoms with E-state index in [-0.39, 0.29) is 24.6 Å². The maximum absolute atomic E-state index is 13.3. The number of benzene rings is 1. The molecule has 0 radical (unpaired) electrons. The summed E-state index contributed by atoms with van der Waals surface area (Å²) in [6.45, 7) is 2.14. The molecule has 0 saturated heterocycles. The van der Waals surface area contributed by atoms with Crippen LogP contribution in [0.3, 0.4) is 0 Å². The molecule has 0 spiro atoms. The number of hydrogen-bond donors (Lipinski definition) is 2. The van der Waals surface area contributed by atoms with Gasteiger partial charge in [0.05, 0.1) is 6.10 Å². The van der Waals surface area contributed by atoms with Gasteiger partial charge in [-0.05, 0) is 13.0 Å². The molecule has 1 atom stereocenters. The third kappa shape index (κ3) is 4.50. The number of halogens is 1. The van der Waals surface area contributed by atoms with Crippen LogP contribution in [0.5, 0.6) is 0 Å². The third-order valence-electron chi connectivity index (χ3n) is 2.19. The fourth-order valence-corrected chi connectivity index (χ4v) is 1.31. The minimum Gasteiger partial charge on any atom is -0.386 e. The highest BCUT2D eigenvalue weighted by molar-refractivity contribution is 5.77. The van der Waals surface area contributed by atoms with Crippen molar-refractivity contribution < 1.29 is 19.0 Å². The highest BCUT2D eigenvalue weighted by atomic mass is 19.1. The Labute approximate surface area is 99.4 Å². The number of aliphatic hydroxyl groups is 1. The number of ether oxygens (including phenoxy) is 1. The topological polar surface area (TPSA) is 58.6 Å². The van der Waals surface area contributed by atoms with Gasteiger partial charge in [-0.3, -0.25) is 4.79 Å². The standard InChI is InChI=1S/C12H16FNO3/c1-2-17-8-12(16)14-7-11(15)9-5-3-4-6-10(9)13/h3-6,11,15H,2,7-8H2,1H3,(H,14,16)/t11-/m0/s1. The Morgan fingerprint density at radius 3 is 2.88 bits per heavy atom. The molecule has 17 heavy (non-hydrogen) atoms. The molecule has 94 valence electrons. The normalized spacial score (nSPS) is 12.2. The number of carbonyl (C=O) groups is 1. The van der Waals surface area contributed by atoms with Crippen molar-refractivity contribution in [2.24, 2.45) is 0 Å². The first-order chi connectivity index (χ1) is 8.15. The van der Waals surface area contributed by atoms with E-state index in [1.165, 1.54) is 12.1 Å². The second-order valence-corrected chi connectivity index (χ2v) is 3.48. The Bertz CT molecular complexity index is 371. The zero-order valence-electron chi connectivity index (χ0n) is 9.65. The molecule has 1 rings (SSSR count). The lowest BCUT2D eigenvalue weighted by Gasteiger charge is -2.12. The zero-order chi connectivity index (χ0) is 12.7. The quantitative estimate of drug-likeness (QED) is 0.781. The first-order valence-corrected chi connectivity index (χ1v) is 5.42. The summed E-state index contributed by atoms with van der Waals surface area (Å²) in [4.78, 5) is 11.2. The summed E-state index contributed by atoms with van der Waals surface area (Å²) in [7, 11) is 0. The van der Waals surface area contributed by atoms with Crippen LogP contribution in [-0.4, -0.2) is 30.8 Å². The molecule has 0 bridgehead atoms. The van der Waals surface area contributed by atoms with Crippen molar-refractivity contribution >= 4 is 5.91 Å². The summed E-state index contributed by atoms with van der Waals surface area (Å²) in [6.07, 6.45) is -1.05. The summed E-state index contributed by atoms with van der Waals surface area (Å²) in [6, 6.07) is 5.91. The molecule has 4 nitrogen and oxygen atoms in total. The van der Waals surface area contributed by atoms with Crippen LogP contribution in [0.15, 0.2) is 24.3 Å². The van der Waals surface area contributed by atoms with E-state index in [4.69, 9.17) is 4.74 Å². The van der Waals surface area contributed by atoms with E-state index in [9.17, 15) is 14.3 Å². The van der Waals surface area contributed by atoms with E-state index in [1.807, 2.05) is 0 Å². The lowest BCUT2D eigenvalue weighted by Crippen LogP contribution is -2.31. The number of amides is 1. The van der Waals surface area contributed by atoms with Crippen molar-refractivity contribution in [2.75, 3.05) is 19.8 Å². The number of aliphatic hydroxyl groups excluding tert-OH is 1. The van der Waals surface area contributed by atoms with Crippen LogP contribution in [0.4, 0.5) is 4.39 Å². The maximum atomic E-state index is 13.3. The summed E-state index contributed by atoms with van der Waals surface area (Å²) in [5.41, 5.74) is 0.171. The van der Waals surface area contributed by atoms with E-state index < -0.39 is 11.9 Å². The van der Waals surface area contributed by atoms with Crippen molar-refractivity contribution in [3.8, 4) is 0 Å². The van der Waals surface area contributed by atoms with Crippen molar-refractivity contribution in [2.45, 2.75) is 13.0 Å². The van der Waals surface area contributed by atoms with Crippen LogP contribution in [0.1, 0.15) is 18.6 Å². The number of hydrogen-bond acceptors (Lipinski definition) is 3. The van der Waals surface area contributed by atoms with Gasteiger partial charge in [0, 0.05) is 18.7 Å². The highest BCUT2D eigenvalue weighted by Crippen LogP contribution is 2.15. The van der Waals surface area contributed by atoms with Crippen molar-refractivity contribution in [3.05, 3.63) is 35.6 Å². The van der Waals surface area contributed by atoms with Crippen molar-refractivity contribution in [1.29, 1.82) is 0 Å². The minimum atomic E-state index is -1.05. The summed E-state index contributed by atoms with van der Waals surface area (Å²) >= 11 is 0. The monoisotopic (exact) mass is 241 g/mol. The van der Waals surface area contributed by atoms with Gasteiger partial charge in [0.15, 0.2) is 0 Å². The minimum absolute atomic E-state index is 0.0349. The van der Waals surface area contributed by atoms with Crippen LogP contribution in [0.25, 0.3) is 0 Å². The molecule has 0 heterocycles. The second kappa shape index (κ2) is 6.98. The number of rotatable bonds is 6. The van der Waals surface area contributed by atoms with E-state index in [0.29, 0.717) is 6.61 Å². The SMILES string of the molecule is CCOCC(=O)NC[C@H](O)c1ccccc1F. The van der Waals surface area contributed by atoms with Crippen LogP contribution in [0.2, 0.25) is 0 Å². The van der Waals surface area contributed by atoms with Gasteiger partial charge in [0.2, 0.25) is 5.91 Å². The van der Waals surface area contributed by atoms with E-state index in [1.54, 1.807) is 19.1 Å². The van der Waals surface area contributed by atoms with Gasteiger partial charge in [-0.15, -0.1) is 0 Å². The number of nitrogens with one attached hydrogen (secondary N) is 1. The Morgan fingerprint density at radius 2 is 2.24 bits per heavy atom. The van der Waals surface area contributed by atoms with E-state index in [2.05, 4.69) is 5.32 Å². The van der Waals surface area contributed by atoms with Crippen LogP contribution in [0, 0.1) is 5.82 Å². The highest BCUT2D eigenvalue weighted by Gasteiger charge is 2.12. The first kappa shape index (κ1) is 13.6. The van der Waals surface area contributed by atoms with Gasteiger partial charge in [-0.2, -0.15) is 0 Å². The number of carbonyl (C=O) groups excluding carboxylic acids is 1. The average molecular weight is 241 g/mol. The molecule has 0 unspecified atom stereocenters. The van der Waals surface area contributed by atoms with Crippen LogP contribution >= 0.6 is 0 Å². The summed E-state index contributed by atoms with van der Waals surface area (Å²) in [5.74, 6) is -0.818. The fourth-order valence-electron chi connectivity index (χ4n) is 1.31. The molecule has 1 aromatic carbocycles.